The van der Waals surface area contributed by atoms with Crippen molar-refractivity contribution in [3.05, 3.63) is 0 Å². The van der Waals surface area contributed by atoms with Crippen LogP contribution in [0.1, 0.15) is 20.3 Å². The normalized spacial score (nSPS) is 13.1. The zero-order valence-electron chi connectivity index (χ0n) is 9.40. The third-order valence-electron chi connectivity index (χ3n) is 2.16. The number of nitrogens with one attached hydrogen (secondary N) is 1. The van der Waals surface area contributed by atoms with Gasteiger partial charge < -0.3 is 20.4 Å². The summed E-state index contributed by atoms with van der Waals surface area (Å²) in [6.45, 7) is 2.79. The molecular weight excluding hydrogens is 216 g/mol. The lowest BCUT2D eigenvalue weighted by Crippen LogP contribution is -2.46. The number of aliphatic hydroxyl groups excluding tert-OH is 2. The van der Waals surface area contributed by atoms with Gasteiger partial charge in [-0.1, -0.05) is 13.8 Å². The Morgan fingerprint density at radius 1 is 1.50 bits per heavy atom. The van der Waals surface area contributed by atoms with E-state index in [9.17, 15) is 14.7 Å². The van der Waals surface area contributed by atoms with Crippen molar-refractivity contribution in [3.63, 3.8) is 0 Å². The van der Waals surface area contributed by atoms with Crippen molar-refractivity contribution in [1.82, 2.24) is 5.32 Å². The molecule has 0 unspecified atom stereocenters. The van der Waals surface area contributed by atoms with Gasteiger partial charge in [-0.3, -0.25) is 9.59 Å². The number of hydrogen-bond acceptors (Lipinski definition) is 6. The summed E-state index contributed by atoms with van der Waals surface area (Å²) in [7, 11) is 0. The summed E-state index contributed by atoms with van der Waals surface area (Å²) in [6.07, 6.45) is -1.42. The molecule has 1 atom stereocenters. The SMILES string of the molecule is CC(C)(CO)[C@@H](O)C(=O)NCCC(=O)ON. The lowest BCUT2D eigenvalue weighted by molar-refractivity contribution is -0.144. The van der Waals surface area contributed by atoms with Crippen molar-refractivity contribution in [3.8, 4) is 0 Å². The van der Waals surface area contributed by atoms with Crippen LogP contribution in [0.4, 0.5) is 0 Å². The molecule has 0 aromatic heterocycles. The van der Waals surface area contributed by atoms with E-state index in [0.717, 1.165) is 0 Å². The maximum Gasteiger partial charge on any atom is 0.326 e. The molecule has 94 valence electrons. The second-order valence-electron chi connectivity index (χ2n) is 4.08. The molecule has 0 aliphatic heterocycles. The van der Waals surface area contributed by atoms with Crippen molar-refractivity contribution in [1.29, 1.82) is 0 Å². The first kappa shape index (κ1) is 14.8. The molecule has 0 aromatic rings. The summed E-state index contributed by atoms with van der Waals surface area (Å²) < 4.78 is 0. The molecule has 0 spiro atoms. The van der Waals surface area contributed by atoms with E-state index in [1.54, 1.807) is 13.8 Å². The Kier molecular flexibility index (Phi) is 5.94. The van der Waals surface area contributed by atoms with Gasteiger partial charge in [0.25, 0.3) is 0 Å². The first-order chi connectivity index (χ1) is 7.35. The smallest absolute Gasteiger partial charge is 0.326 e. The number of aliphatic hydroxyl groups is 2. The van der Waals surface area contributed by atoms with Crippen LogP contribution in [0.3, 0.4) is 0 Å². The second-order valence-corrected chi connectivity index (χ2v) is 4.08. The molecule has 0 aromatic carbocycles. The van der Waals surface area contributed by atoms with Crippen LogP contribution in [0.25, 0.3) is 0 Å². The topological polar surface area (TPSA) is 122 Å². The van der Waals surface area contributed by atoms with Gasteiger partial charge in [-0.15, -0.1) is 0 Å². The van der Waals surface area contributed by atoms with Crippen LogP contribution in [0.2, 0.25) is 0 Å². The van der Waals surface area contributed by atoms with Gasteiger partial charge in [-0.05, 0) is 0 Å². The number of amides is 1. The molecule has 0 rings (SSSR count). The van der Waals surface area contributed by atoms with E-state index in [-0.39, 0.29) is 19.6 Å². The van der Waals surface area contributed by atoms with E-state index in [0.29, 0.717) is 0 Å². The van der Waals surface area contributed by atoms with E-state index in [2.05, 4.69) is 16.1 Å². The fourth-order valence-corrected chi connectivity index (χ4v) is 0.885. The summed E-state index contributed by atoms with van der Waals surface area (Å²) in [5.74, 6) is 3.29. The van der Waals surface area contributed by atoms with Gasteiger partial charge in [-0.2, -0.15) is 5.90 Å². The highest BCUT2D eigenvalue weighted by atomic mass is 16.7. The highest BCUT2D eigenvalue weighted by Crippen LogP contribution is 2.19. The van der Waals surface area contributed by atoms with Gasteiger partial charge in [0, 0.05) is 12.0 Å². The third-order valence-corrected chi connectivity index (χ3v) is 2.16. The Bertz CT molecular complexity index is 254. The Morgan fingerprint density at radius 2 is 2.06 bits per heavy atom. The molecule has 0 saturated carbocycles. The number of rotatable bonds is 6. The molecule has 1 amide bonds. The molecule has 0 heterocycles. The Hall–Kier alpha value is -1.18. The number of carbonyl (C=O) groups is 2. The lowest BCUT2D eigenvalue weighted by atomic mass is 9.87. The van der Waals surface area contributed by atoms with Gasteiger partial charge in [0.1, 0.15) is 6.10 Å². The van der Waals surface area contributed by atoms with Gasteiger partial charge in [-0.25, -0.2) is 0 Å². The zero-order valence-corrected chi connectivity index (χ0v) is 9.40. The van der Waals surface area contributed by atoms with Crippen molar-refractivity contribution >= 4 is 11.9 Å². The van der Waals surface area contributed by atoms with Crippen LogP contribution in [-0.2, 0) is 14.4 Å². The van der Waals surface area contributed by atoms with Crippen molar-refractivity contribution in [2.24, 2.45) is 11.3 Å². The molecule has 0 bridgehead atoms. The quantitative estimate of drug-likeness (QED) is 0.406. The molecule has 0 fully saturated rings. The van der Waals surface area contributed by atoms with Crippen LogP contribution in [0, 0.1) is 5.41 Å². The number of nitrogens with two attached hydrogens (primary N) is 1. The maximum atomic E-state index is 11.4. The summed E-state index contributed by atoms with van der Waals surface area (Å²) in [6, 6.07) is 0. The van der Waals surface area contributed by atoms with Crippen molar-refractivity contribution < 1.29 is 24.6 Å². The molecule has 0 aliphatic carbocycles. The highest BCUT2D eigenvalue weighted by molar-refractivity contribution is 5.81. The second kappa shape index (κ2) is 6.41. The number of carbonyl (C=O) groups excluding carboxylic acids is 2. The first-order valence-electron chi connectivity index (χ1n) is 4.81. The van der Waals surface area contributed by atoms with Gasteiger partial charge in [0.05, 0.1) is 13.0 Å². The molecule has 7 heteroatoms. The molecule has 0 aliphatic rings. The standard InChI is InChI=1S/C9H18N2O5/c1-9(2,5-12)7(14)8(15)11-4-3-6(13)16-10/h7,12,14H,3-5,10H2,1-2H3,(H,11,15)/t7-/m0/s1. The largest absolute Gasteiger partial charge is 0.396 e. The monoisotopic (exact) mass is 234 g/mol. The van der Waals surface area contributed by atoms with Crippen LogP contribution in [0.15, 0.2) is 0 Å². The van der Waals surface area contributed by atoms with E-state index in [1.807, 2.05) is 0 Å². The number of hydrogen-bond donors (Lipinski definition) is 4. The third kappa shape index (κ3) is 4.56. The van der Waals surface area contributed by atoms with E-state index < -0.39 is 23.4 Å². The first-order valence-corrected chi connectivity index (χ1v) is 4.81. The molecule has 5 N–H and O–H groups in total. The minimum absolute atomic E-state index is 0.0213. The highest BCUT2D eigenvalue weighted by Gasteiger charge is 2.32. The summed E-state index contributed by atoms with van der Waals surface area (Å²) >= 11 is 0. The minimum atomic E-state index is -1.34. The van der Waals surface area contributed by atoms with Crippen LogP contribution < -0.4 is 11.2 Å². The Morgan fingerprint density at radius 3 is 2.50 bits per heavy atom. The van der Waals surface area contributed by atoms with Gasteiger partial charge in [0.2, 0.25) is 5.91 Å². The predicted octanol–water partition coefficient (Wildman–Crippen LogP) is -1.71. The predicted molar refractivity (Wildman–Crippen MR) is 54.8 cm³/mol. The average molecular weight is 234 g/mol. The van der Waals surface area contributed by atoms with Crippen LogP contribution in [0.5, 0.6) is 0 Å². The molecule has 16 heavy (non-hydrogen) atoms. The fourth-order valence-electron chi connectivity index (χ4n) is 0.885. The van der Waals surface area contributed by atoms with E-state index in [1.165, 1.54) is 0 Å². The molecular formula is C9H18N2O5. The van der Waals surface area contributed by atoms with Crippen LogP contribution >= 0.6 is 0 Å². The Labute approximate surface area is 93.5 Å². The molecule has 7 nitrogen and oxygen atoms in total. The fraction of sp³-hybridized carbons (Fsp3) is 0.778. The Balaban J connectivity index is 4.03. The van der Waals surface area contributed by atoms with Gasteiger partial charge in [0.15, 0.2) is 0 Å². The maximum absolute atomic E-state index is 11.4. The lowest BCUT2D eigenvalue weighted by Gasteiger charge is -2.26. The average Bonchev–Trinajstić information content (AvgIpc) is 2.27. The van der Waals surface area contributed by atoms with E-state index in [4.69, 9.17) is 5.11 Å². The summed E-state index contributed by atoms with van der Waals surface area (Å²) in [5, 5.41) is 20.8. The van der Waals surface area contributed by atoms with E-state index >= 15 is 0 Å². The molecule has 0 radical (unpaired) electrons. The molecule has 0 saturated heterocycles. The zero-order chi connectivity index (χ0) is 12.8. The minimum Gasteiger partial charge on any atom is -0.396 e. The van der Waals surface area contributed by atoms with Crippen LogP contribution in [-0.4, -0.2) is 41.3 Å². The summed E-state index contributed by atoms with van der Waals surface area (Å²) in [5.41, 5.74) is -0.932. The van der Waals surface area contributed by atoms with Crippen molar-refractivity contribution in [2.75, 3.05) is 13.2 Å². The van der Waals surface area contributed by atoms with Crippen molar-refractivity contribution in [2.45, 2.75) is 26.4 Å². The van der Waals surface area contributed by atoms with Gasteiger partial charge >= 0.3 is 5.97 Å². The summed E-state index contributed by atoms with van der Waals surface area (Å²) in [4.78, 5) is 25.9.